The van der Waals surface area contributed by atoms with Crippen LogP contribution in [0.4, 0.5) is 5.69 Å². The number of carboxylic acid groups (broad SMARTS) is 1. The Morgan fingerprint density at radius 3 is 1.94 bits per heavy atom. The molecule has 0 spiro atoms. The lowest BCUT2D eigenvalue weighted by Crippen LogP contribution is -2.30. The van der Waals surface area contributed by atoms with Gasteiger partial charge in [0.2, 0.25) is 5.91 Å². The summed E-state index contributed by atoms with van der Waals surface area (Å²) < 4.78 is 0. The molecule has 33 heavy (non-hydrogen) atoms. The molecule has 0 saturated carbocycles. The van der Waals surface area contributed by atoms with Gasteiger partial charge in [0.15, 0.2) is 0 Å². The molecule has 1 amide bonds. The second-order valence-corrected chi connectivity index (χ2v) is 7.81. The predicted octanol–water partition coefficient (Wildman–Crippen LogP) is 6.22. The Bertz CT molecular complexity index is 1240. The number of carbonyl (C=O) groups is 2. The van der Waals surface area contributed by atoms with Crippen LogP contribution in [0, 0.1) is 0 Å². The van der Waals surface area contributed by atoms with Crippen LogP contribution in [-0.2, 0) is 17.8 Å². The smallest absolute Gasteiger partial charge is 0.336 e. The molecule has 0 saturated heterocycles. The molecule has 0 aliphatic carbocycles. The molecule has 4 heteroatoms. The van der Waals surface area contributed by atoms with Crippen molar-refractivity contribution in [2.24, 2.45) is 0 Å². The van der Waals surface area contributed by atoms with E-state index in [1.54, 1.807) is 17.0 Å². The summed E-state index contributed by atoms with van der Waals surface area (Å²) in [5.41, 5.74) is 4.53. The Hall–Kier alpha value is -4.18. The van der Waals surface area contributed by atoms with E-state index in [-0.39, 0.29) is 11.5 Å². The van der Waals surface area contributed by atoms with Crippen LogP contribution >= 0.6 is 0 Å². The van der Waals surface area contributed by atoms with E-state index in [0.29, 0.717) is 24.9 Å². The van der Waals surface area contributed by atoms with Crippen molar-refractivity contribution in [1.82, 2.24) is 0 Å². The number of amides is 1. The van der Waals surface area contributed by atoms with Crippen LogP contribution in [0.3, 0.4) is 0 Å². The van der Waals surface area contributed by atoms with Crippen molar-refractivity contribution < 1.29 is 14.7 Å². The van der Waals surface area contributed by atoms with Crippen molar-refractivity contribution in [2.45, 2.75) is 19.4 Å². The first-order valence-electron chi connectivity index (χ1n) is 10.9. The fourth-order valence-electron chi connectivity index (χ4n) is 3.96. The van der Waals surface area contributed by atoms with Gasteiger partial charge in [-0.1, -0.05) is 91.0 Å². The van der Waals surface area contributed by atoms with Crippen molar-refractivity contribution in [3.05, 3.63) is 126 Å². The summed E-state index contributed by atoms with van der Waals surface area (Å²) in [5, 5.41) is 9.68. The number of para-hydroxylation sites is 1. The minimum absolute atomic E-state index is 0.0198. The molecule has 164 valence electrons. The molecule has 0 radical (unpaired) electrons. The Balaban J connectivity index is 1.67. The van der Waals surface area contributed by atoms with Gasteiger partial charge in [0.1, 0.15) is 0 Å². The number of carbonyl (C=O) groups excluding carboxylic acids is 1. The SMILES string of the molecule is O=C(O)c1ccccc1-c1ccccc1CN(C(=O)CCc1ccccc1)c1ccccc1. The lowest BCUT2D eigenvalue weighted by atomic mass is 9.95. The maximum atomic E-state index is 13.4. The average molecular weight is 436 g/mol. The summed E-state index contributed by atoms with van der Waals surface area (Å²) in [6, 6.07) is 34.2. The summed E-state index contributed by atoms with van der Waals surface area (Å²) in [7, 11) is 0. The summed E-state index contributed by atoms with van der Waals surface area (Å²) >= 11 is 0. The van der Waals surface area contributed by atoms with Crippen LogP contribution in [0.25, 0.3) is 11.1 Å². The topological polar surface area (TPSA) is 57.6 Å². The maximum Gasteiger partial charge on any atom is 0.336 e. The highest BCUT2D eigenvalue weighted by Gasteiger charge is 2.20. The molecule has 0 aliphatic rings. The Morgan fingerprint density at radius 2 is 1.24 bits per heavy atom. The Morgan fingerprint density at radius 1 is 0.667 bits per heavy atom. The fraction of sp³-hybridized carbons (Fsp3) is 0.103. The highest BCUT2D eigenvalue weighted by Crippen LogP contribution is 2.30. The van der Waals surface area contributed by atoms with Gasteiger partial charge in [-0.25, -0.2) is 4.79 Å². The van der Waals surface area contributed by atoms with Crippen LogP contribution in [0.15, 0.2) is 109 Å². The van der Waals surface area contributed by atoms with Crippen LogP contribution in [0.5, 0.6) is 0 Å². The second kappa shape index (κ2) is 10.4. The van der Waals surface area contributed by atoms with E-state index >= 15 is 0 Å². The number of benzene rings is 4. The van der Waals surface area contributed by atoms with Gasteiger partial charge in [-0.3, -0.25) is 4.79 Å². The number of rotatable bonds is 8. The minimum Gasteiger partial charge on any atom is -0.478 e. The van der Waals surface area contributed by atoms with Crippen LogP contribution < -0.4 is 4.90 Å². The van der Waals surface area contributed by atoms with Crippen molar-refractivity contribution >= 4 is 17.6 Å². The van der Waals surface area contributed by atoms with Crippen LogP contribution in [0.1, 0.15) is 27.9 Å². The van der Waals surface area contributed by atoms with Gasteiger partial charge in [0.25, 0.3) is 0 Å². The number of hydrogen-bond donors (Lipinski definition) is 1. The lowest BCUT2D eigenvalue weighted by Gasteiger charge is -2.25. The van der Waals surface area contributed by atoms with E-state index in [1.807, 2.05) is 97.1 Å². The predicted molar refractivity (Wildman–Crippen MR) is 131 cm³/mol. The molecular formula is C29H25NO3. The van der Waals surface area contributed by atoms with Gasteiger partial charge < -0.3 is 10.0 Å². The molecule has 4 aromatic carbocycles. The van der Waals surface area contributed by atoms with E-state index in [1.165, 1.54) is 0 Å². The van der Waals surface area contributed by atoms with Gasteiger partial charge in [0.05, 0.1) is 12.1 Å². The average Bonchev–Trinajstić information content (AvgIpc) is 2.87. The zero-order valence-electron chi connectivity index (χ0n) is 18.2. The minimum atomic E-state index is -0.973. The first-order valence-corrected chi connectivity index (χ1v) is 10.9. The normalized spacial score (nSPS) is 10.5. The van der Waals surface area contributed by atoms with Crippen molar-refractivity contribution in [3.8, 4) is 11.1 Å². The molecule has 4 aromatic rings. The summed E-state index contributed by atoms with van der Waals surface area (Å²) in [4.78, 5) is 27.0. The highest BCUT2D eigenvalue weighted by molar-refractivity contribution is 5.97. The van der Waals surface area contributed by atoms with Crippen molar-refractivity contribution in [1.29, 1.82) is 0 Å². The Kier molecular flexibility index (Phi) is 6.96. The number of aryl methyl sites for hydroxylation is 1. The molecular weight excluding hydrogens is 410 g/mol. The fourth-order valence-corrected chi connectivity index (χ4v) is 3.96. The standard InChI is InChI=1S/C29H25NO3/c31-28(20-19-22-11-3-1-4-12-22)30(24-14-5-2-6-15-24)21-23-13-7-8-16-25(23)26-17-9-10-18-27(26)29(32)33/h1-18H,19-21H2,(H,32,33). The first-order chi connectivity index (χ1) is 16.1. The van der Waals surface area contributed by atoms with Crippen LogP contribution in [0.2, 0.25) is 0 Å². The van der Waals surface area contributed by atoms with Gasteiger partial charge in [-0.15, -0.1) is 0 Å². The third-order valence-electron chi connectivity index (χ3n) is 5.63. The van der Waals surface area contributed by atoms with Crippen LogP contribution in [-0.4, -0.2) is 17.0 Å². The third kappa shape index (κ3) is 5.36. The number of carboxylic acids is 1. The summed E-state index contributed by atoms with van der Waals surface area (Å²) in [6.07, 6.45) is 1.04. The molecule has 0 aromatic heterocycles. The van der Waals surface area contributed by atoms with Gasteiger partial charge >= 0.3 is 5.97 Å². The quantitative estimate of drug-likeness (QED) is 0.358. The van der Waals surface area contributed by atoms with E-state index in [0.717, 1.165) is 22.4 Å². The number of nitrogens with zero attached hydrogens (tertiary/aromatic N) is 1. The zero-order valence-corrected chi connectivity index (χ0v) is 18.2. The lowest BCUT2D eigenvalue weighted by molar-refractivity contribution is -0.118. The van der Waals surface area contributed by atoms with E-state index in [4.69, 9.17) is 0 Å². The molecule has 4 nitrogen and oxygen atoms in total. The molecule has 0 atom stereocenters. The maximum absolute atomic E-state index is 13.4. The summed E-state index contributed by atoms with van der Waals surface area (Å²) in [5.74, 6) is -0.953. The van der Waals surface area contributed by atoms with E-state index < -0.39 is 5.97 Å². The largest absolute Gasteiger partial charge is 0.478 e. The van der Waals surface area contributed by atoms with E-state index in [9.17, 15) is 14.7 Å². The van der Waals surface area contributed by atoms with Crippen molar-refractivity contribution in [3.63, 3.8) is 0 Å². The third-order valence-corrected chi connectivity index (χ3v) is 5.63. The molecule has 4 rings (SSSR count). The molecule has 0 fully saturated rings. The number of hydrogen-bond acceptors (Lipinski definition) is 2. The molecule has 1 N–H and O–H groups in total. The molecule has 0 bridgehead atoms. The first kappa shape index (κ1) is 22.0. The Labute approximate surface area is 193 Å². The summed E-state index contributed by atoms with van der Waals surface area (Å²) in [6.45, 7) is 0.349. The number of aromatic carboxylic acids is 1. The monoisotopic (exact) mass is 435 g/mol. The van der Waals surface area contributed by atoms with E-state index in [2.05, 4.69) is 0 Å². The zero-order chi connectivity index (χ0) is 23.0. The highest BCUT2D eigenvalue weighted by atomic mass is 16.4. The molecule has 0 heterocycles. The van der Waals surface area contributed by atoms with Gasteiger partial charge in [-0.2, -0.15) is 0 Å². The second-order valence-electron chi connectivity index (χ2n) is 7.81. The van der Waals surface area contributed by atoms with Crippen molar-refractivity contribution in [2.75, 3.05) is 4.90 Å². The molecule has 0 aliphatic heterocycles. The van der Waals surface area contributed by atoms with Gasteiger partial charge in [0, 0.05) is 12.1 Å². The van der Waals surface area contributed by atoms with Gasteiger partial charge in [-0.05, 0) is 46.9 Å². The number of anilines is 1. The molecule has 0 unspecified atom stereocenters.